The third-order valence-corrected chi connectivity index (χ3v) is 10.1. The third-order valence-electron chi connectivity index (χ3n) is 9.74. The van der Waals surface area contributed by atoms with Gasteiger partial charge in [0.2, 0.25) is 5.88 Å². The first-order valence-electron chi connectivity index (χ1n) is 16.1. The number of carbonyl (C=O) groups excluding carboxylic acids is 1. The third kappa shape index (κ3) is 6.22. The van der Waals surface area contributed by atoms with Crippen LogP contribution < -0.4 is 10.3 Å². The Kier molecular flexibility index (Phi) is 9.36. The van der Waals surface area contributed by atoms with Gasteiger partial charge < -0.3 is 14.2 Å². The van der Waals surface area contributed by atoms with Crippen molar-refractivity contribution in [2.24, 2.45) is 0 Å². The summed E-state index contributed by atoms with van der Waals surface area (Å²) < 4.78 is 53.5. The van der Waals surface area contributed by atoms with E-state index < -0.39 is 23.5 Å². The molecule has 0 N–H and O–H groups in total. The summed E-state index contributed by atoms with van der Waals surface area (Å²) in [6, 6.07) is 6.73. The van der Waals surface area contributed by atoms with Gasteiger partial charge in [0.1, 0.15) is 17.3 Å². The Labute approximate surface area is 286 Å². The number of aromatic nitrogens is 4. The first kappa shape index (κ1) is 34.3. The van der Waals surface area contributed by atoms with Crippen molar-refractivity contribution in [2.75, 3.05) is 20.1 Å². The molecule has 2 aliphatic heterocycles. The highest BCUT2D eigenvalue weighted by Crippen LogP contribution is 2.39. The summed E-state index contributed by atoms with van der Waals surface area (Å²) in [6.45, 7) is 6.18. The molecular weight excluding hydrogens is 659 g/mol. The smallest absolute Gasteiger partial charge is 0.431 e. The molecule has 14 heteroatoms. The Morgan fingerprint density at radius 3 is 2.67 bits per heavy atom. The number of halogens is 4. The van der Waals surface area contributed by atoms with Gasteiger partial charge in [-0.15, -0.1) is 0 Å². The van der Waals surface area contributed by atoms with Gasteiger partial charge in [-0.25, -0.2) is 9.97 Å². The maximum Gasteiger partial charge on any atom is 0.431 e. The Bertz CT molecular complexity index is 2110. The number of likely N-dealkylation sites (tertiary alicyclic amines) is 2. The van der Waals surface area contributed by atoms with Crippen LogP contribution in [-0.4, -0.2) is 73.1 Å². The molecule has 0 saturated carbocycles. The number of carbonyl (C=O) groups is 1. The molecule has 0 radical (unpaired) electrons. The molecule has 0 aliphatic carbocycles. The number of alkyl halides is 3. The topological polar surface area (TPSA) is 109 Å². The van der Waals surface area contributed by atoms with E-state index in [1.807, 2.05) is 14.0 Å². The quantitative estimate of drug-likeness (QED) is 0.226. The van der Waals surface area contributed by atoms with E-state index in [1.54, 1.807) is 29.4 Å². The number of pyridine rings is 2. The zero-order valence-electron chi connectivity index (χ0n) is 27.5. The molecule has 5 heterocycles. The fourth-order valence-corrected chi connectivity index (χ4v) is 7.45. The minimum absolute atomic E-state index is 0.0166. The van der Waals surface area contributed by atoms with E-state index in [1.165, 1.54) is 18.5 Å². The van der Waals surface area contributed by atoms with Gasteiger partial charge in [0.05, 0.1) is 30.0 Å². The molecule has 2 aliphatic rings. The van der Waals surface area contributed by atoms with Crippen LogP contribution in [0.2, 0.25) is 5.02 Å². The summed E-state index contributed by atoms with van der Waals surface area (Å²) in [4.78, 5) is 40.1. The molecule has 0 spiro atoms. The van der Waals surface area contributed by atoms with Crippen LogP contribution in [0.5, 0.6) is 5.88 Å². The van der Waals surface area contributed by atoms with Gasteiger partial charge in [0.25, 0.3) is 11.5 Å². The van der Waals surface area contributed by atoms with Gasteiger partial charge in [-0.2, -0.15) is 18.4 Å². The molecule has 1 amide bonds. The molecule has 49 heavy (non-hydrogen) atoms. The molecule has 3 aromatic heterocycles. The van der Waals surface area contributed by atoms with Gasteiger partial charge in [0.15, 0.2) is 5.52 Å². The van der Waals surface area contributed by atoms with Gasteiger partial charge in [-0.05, 0) is 89.7 Å². The van der Waals surface area contributed by atoms with Crippen molar-refractivity contribution in [3.63, 3.8) is 0 Å². The summed E-state index contributed by atoms with van der Waals surface area (Å²) in [7, 11) is 2.00. The van der Waals surface area contributed by atoms with Crippen LogP contribution >= 0.6 is 11.6 Å². The zero-order chi connectivity index (χ0) is 35.2. The number of fused-ring (bicyclic) bond motifs is 3. The van der Waals surface area contributed by atoms with Crippen LogP contribution in [0, 0.1) is 30.1 Å². The highest BCUT2D eigenvalue weighted by Gasteiger charge is 2.39. The predicted molar refractivity (Wildman–Crippen MR) is 179 cm³/mol. The minimum Gasteiger partial charge on any atom is -0.471 e. The van der Waals surface area contributed by atoms with Crippen molar-refractivity contribution in [1.29, 1.82) is 5.26 Å². The number of ether oxygens (including phenoxy) is 1. The van der Waals surface area contributed by atoms with Crippen molar-refractivity contribution in [3.05, 3.63) is 57.2 Å². The van der Waals surface area contributed by atoms with E-state index in [9.17, 15) is 28.0 Å². The van der Waals surface area contributed by atoms with Crippen molar-refractivity contribution in [1.82, 2.24) is 28.9 Å². The number of likely N-dealkylation sites (N-methyl/N-ethyl adjacent to an activating group) is 1. The number of hydrogen-bond donors (Lipinski definition) is 0. The fourth-order valence-electron chi connectivity index (χ4n) is 7.28. The predicted octanol–water partition coefficient (Wildman–Crippen LogP) is 6.05. The number of hydrogen-bond acceptors (Lipinski definition) is 7. The number of nitrogens with zero attached hydrogens (tertiary/aromatic N) is 7. The van der Waals surface area contributed by atoms with Gasteiger partial charge in [0, 0.05) is 35.1 Å². The maximum atomic E-state index is 14.9. The Morgan fingerprint density at radius 2 is 2.00 bits per heavy atom. The Morgan fingerprint density at radius 1 is 1.22 bits per heavy atom. The molecule has 10 nitrogen and oxygen atoms in total. The molecule has 4 unspecified atom stereocenters. The van der Waals surface area contributed by atoms with Crippen LogP contribution in [0.1, 0.15) is 63.3 Å². The number of amides is 1. The summed E-state index contributed by atoms with van der Waals surface area (Å²) in [6.07, 6.45) is -1.12. The molecule has 6 rings (SSSR count). The van der Waals surface area contributed by atoms with Crippen LogP contribution in [0.3, 0.4) is 0 Å². The summed E-state index contributed by atoms with van der Waals surface area (Å²) >= 11 is 6.31. The maximum absolute atomic E-state index is 14.9. The average molecular weight is 694 g/mol. The van der Waals surface area contributed by atoms with E-state index in [-0.39, 0.29) is 75.6 Å². The van der Waals surface area contributed by atoms with Crippen molar-refractivity contribution in [2.45, 2.75) is 83.3 Å². The first-order valence-corrected chi connectivity index (χ1v) is 16.5. The number of imidazole rings is 1. The van der Waals surface area contributed by atoms with Crippen molar-refractivity contribution < 1.29 is 22.7 Å². The number of benzene rings is 1. The largest absolute Gasteiger partial charge is 0.471 e. The highest BCUT2D eigenvalue weighted by molar-refractivity contribution is 6.31. The van der Waals surface area contributed by atoms with E-state index in [4.69, 9.17) is 16.3 Å². The lowest BCUT2D eigenvalue weighted by Crippen LogP contribution is -2.45. The highest BCUT2D eigenvalue weighted by atomic mass is 35.5. The Hall–Kier alpha value is -4.59. The van der Waals surface area contributed by atoms with Crippen LogP contribution in [0.15, 0.2) is 35.4 Å². The average Bonchev–Trinajstić information content (AvgIpc) is 3.70. The van der Waals surface area contributed by atoms with E-state index >= 15 is 0 Å². The van der Waals surface area contributed by atoms with E-state index in [2.05, 4.69) is 32.8 Å². The normalized spacial score (nSPS) is 20.6. The number of nitriles is 1. The number of rotatable bonds is 6. The second-order valence-corrected chi connectivity index (χ2v) is 13.1. The summed E-state index contributed by atoms with van der Waals surface area (Å²) in [5.74, 6) is 4.80. The second-order valence-electron chi connectivity index (χ2n) is 12.7. The Balaban J connectivity index is 1.60. The SMILES string of the molecule is CC#CC(=O)N1CCC(n2cnc3c(OC(C)C4CCCN4C)nc4c(=O)n(-c5cccc(Cl)c5C)c(C(F)(F)F)cc4c32)CC1CC#N. The standard InChI is InChI=1S/C35H35ClF3N7O3/c1-5-8-29(47)44-16-13-23(17-22(44)12-14-40)45-19-41-31-32(45)24-18-28(35(37,38)39)46(26-10-6-9-25(36)20(26)2)34(48)30(24)42-33(31)49-21(3)27-11-7-15-43(27)4/h6,9-10,18-19,21-23,27H,7,11-13,15-17H2,1-4H3. The molecule has 2 saturated heterocycles. The molecule has 4 atom stereocenters. The van der Waals surface area contributed by atoms with E-state index in [0.29, 0.717) is 23.0 Å². The lowest BCUT2D eigenvalue weighted by atomic mass is 9.94. The monoisotopic (exact) mass is 693 g/mol. The molecule has 2 fully saturated rings. The van der Waals surface area contributed by atoms with Gasteiger partial charge in [-0.1, -0.05) is 23.6 Å². The van der Waals surface area contributed by atoms with Crippen molar-refractivity contribution in [3.8, 4) is 29.5 Å². The molecule has 4 aromatic rings. The summed E-state index contributed by atoms with van der Waals surface area (Å²) in [5, 5.41) is 9.75. The first-order chi connectivity index (χ1) is 23.3. The zero-order valence-corrected chi connectivity index (χ0v) is 28.3. The van der Waals surface area contributed by atoms with Crippen molar-refractivity contribution >= 4 is 39.4 Å². The molecule has 256 valence electrons. The molecule has 1 aromatic carbocycles. The molecular formula is C35H35ClF3N7O3. The van der Waals surface area contributed by atoms with Gasteiger partial charge >= 0.3 is 6.18 Å². The van der Waals surface area contributed by atoms with Crippen LogP contribution in [0.25, 0.3) is 27.6 Å². The summed E-state index contributed by atoms with van der Waals surface area (Å²) in [5.41, 5.74) is -1.63. The lowest BCUT2D eigenvalue weighted by Gasteiger charge is -2.38. The van der Waals surface area contributed by atoms with E-state index in [0.717, 1.165) is 25.5 Å². The fraction of sp³-hybridized carbons (Fsp3) is 0.457. The van der Waals surface area contributed by atoms with Crippen LogP contribution in [-0.2, 0) is 11.0 Å². The number of piperidine rings is 1. The van der Waals surface area contributed by atoms with Crippen LogP contribution in [0.4, 0.5) is 13.2 Å². The van der Waals surface area contributed by atoms with Gasteiger partial charge in [-0.3, -0.25) is 19.1 Å². The lowest BCUT2D eigenvalue weighted by molar-refractivity contribution is -0.142. The minimum atomic E-state index is -4.93. The second kappa shape index (κ2) is 13.4. The molecule has 0 bridgehead atoms.